The summed E-state index contributed by atoms with van der Waals surface area (Å²) < 4.78 is 11.0. The summed E-state index contributed by atoms with van der Waals surface area (Å²) in [7, 11) is 0. The van der Waals surface area contributed by atoms with Gasteiger partial charge in [-0.05, 0) is 43.9 Å². The Morgan fingerprint density at radius 2 is 1.93 bits per heavy atom. The Morgan fingerprint density at radius 3 is 2.54 bits per heavy atom. The van der Waals surface area contributed by atoms with Crippen LogP contribution in [0.3, 0.4) is 0 Å². The monoisotopic (exact) mass is 406 g/mol. The number of aliphatic hydroxyl groups excluding tert-OH is 1. The van der Waals surface area contributed by atoms with E-state index < -0.39 is 24.3 Å². The molecule has 0 aromatic heterocycles. The first-order valence-electron chi connectivity index (χ1n) is 9.51. The molecule has 152 valence electrons. The Bertz CT molecular complexity index is 794. The van der Waals surface area contributed by atoms with Gasteiger partial charge in [0.15, 0.2) is 5.78 Å². The molecule has 0 bridgehead atoms. The largest absolute Gasteiger partial charge is 0.463 e. The fourth-order valence-electron chi connectivity index (χ4n) is 3.55. The molecular formula is C22H27ClO5. The third-order valence-corrected chi connectivity index (χ3v) is 5.02. The molecule has 1 aromatic carbocycles. The maximum atomic E-state index is 12.9. The summed E-state index contributed by atoms with van der Waals surface area (Å²) in [6.45, 7) is 6.02. The second kappa shape index (κ2) is 10.6. The van der Waals surface area contributed by atoms with Crippen molar-refractivity contribution in [1.82, 2.24) is 0 Å². The number of esters is 1. The zero-order valence-electron chi connectivity index (χ0n) is 16.6. The highest BCUT2D eigenvalue weighted by atomic mass is 35.5. The number of halogens is 1. The van der Waals surface area contributed by atoms with Gasteiger partial charge in [-0.1, -0.05) is 42.3 Å². The lowest BCUT2D eigenvalue weighted by Crippen LogP contribution is -2.28. The predicted octanol–water partition coefficient (Wildman–Crippen LogP) is 3.99. The number of benzene rings is 1. The van der Waals surface area contributed by atoms with E-state index in [1.807, 2.05) is 19.9 Å². The van der Waals surface area contributed by atoms with Crippen LogP contribution in [-0.4, -0.2) is 43.3 Å². The van der Waals surface area contributed by atoms with Gasteiger partial charge in [0.1, 0.15) is 6.61 Å². The maximum absolute atomic E-state index is 12.9. The lowest BCUT2D eigenvalue weighted by molar-refractivity contribution is -0.138. The molecule has 1 aromatic rings. The molecule has 0 saturated carbocycles. The van der Waals surface area contributed by atoms with Crippen molar-refractivity contribution in [3.63, 3.8) is 0 Å². The van der Waals surface area contributed by atoms with Crippen molar-refractivity contribution >= 4 is 23.4 Å². The van der Waals surface area contributed by atoms with Crippen LogP contribution < -0.4 is 0 Å². The Morgan fingerprint density at radius 1 is 1.21 bits per heavy atom. The zero-order valence-corrected chi connectivity index (χ0v) is 17.3. The average Bonchev–Trinajstić information content (AvgIpc) is 2.67. The SMILES string of the molecule is CCCOCC1=C(C(=O)OCC)C(c2ccccc2Cl)C(C(=O)CO)=C(C)C1. The minimum absolute atomic E-state index is 0.215. The van der Waals surface area contributed by atoms with Crippen molar-refractivity contribution in [3.05, 3.63) is 57.1 Å². The van der Waals surface area contributed by atoms with Crippen LogP contribution >= 0.6 is 11.6 Å². The van der Waals surface area contributed by atoms with Crippen LogP contribution in [0, 0.1) is 0 Å². The van der Waals surface area contributed by atoms with Gasteiger partial charge in [0, 0.05) is 23.1 Å². The van der Waals surface area contributed by atoms with Gasteiger partial charge in [0.05, 0.1) is 18.8 Å². The number of carbonyl (C=O) groups is 2. The first kappa shape index (κ1) is 22.3. The molecule has 2 rings (SSSR count). The number of ketones is 1. The third-order valence-electron chi connectivity index (χ3n) is 4.68. The van der Waals surface area contributed by atoms with Crippen LogP contribution in [0.25, 0.3) is 0 Å². The van der Waals surface area contributed by atoms with Crippen molar-refractivity contribution in [1.29, 1.82) is 0 Å². The smallest absolute Gasteiger partial charge is 0.335 e. The molecule has 6 heteroatoms. The number of ether oxygens (including phenoxy) is 2. The summed E-state index contributed by atoms with van der Waals surface area (Å²) in [6, 6.07) is 7.11. The molecule has 1 aliphatic carbocycles. The lowest BCUT2D eigenvalue weighted by atomic mass is 9.73. The number of aliphatic hydroxyl groups is 1. The molecule has 1 aliphatic rings. The molecule has 0 saturated heterocycles. The molecule has 5 nitrogen and oxygen atoms in total. The topological polar surface area (TPSA) is 72.8 Å². The van der Waals surface area contributed by atoms with E-state index in [2.05, 4.69) is 0 Å². The van der Waals surface area contributed by atoms with E-state index in [0.29, 0.717) is 34.8 Å². The van der Waals surface area contributed by atoms with Crippen LogP contribution in [0.2, 0.25) is 5.02 Å². The second-order valence-corrected chi connectivity index (χ2v) is 7.10. The molecule has 0 fully saturated rings. The van der Waals surface area contributed by atoms with E-state index in [1.165, 1.54) is 0 Å². The Labute approximate surface area is 171 Å². The van der Waals surface area contributed by atoms with E-state index >= 15 is 0 Å². The fourth-order valence-corrected chi connectivity index (χ4v) is 3.79. The van der Waals surface area contributed by atoms with Crippen LogP contribution in [0.15, 0.2) is 46.6 Å². The normalized spacial score (nSPS) is 17.1. The highest BCUT2D eigenvalue weighted by Gasteiger charge is 2.38. The summed E-state index contributed by atoms with van der Waals surface area (Å²) in [5.41, 5.74) is 3.00. The molecule has 28 heavy (non-hydrogen) atoms. The van der Waals surface area contributed by atoms with E-state index in [4.69, 9.17) is 21.1 Å². The number of allylic oxidation sites excluding steroid dienone is 1. The molecule has 1 unspecified atom stereocenters. The number of rotatable bonds is 9. The number of hydrogen-bond donors (Lipinski definition) is 1. The highest BCUT2D eigenvalue weighted by molar-refractivity contribution is 6.31. The van der Waals surface area contributed by atoms with E-state index in [1.54, 1.807) is 25.1 Å². The zero-order chi connectivity index (χ0) is 20.7. The molecular weight excluding hydrogens is 380 g/mol. The summed E-state index contributed by atoms with van der Waals surface area (Å²) in [4.78, 5) is 25.5. The minimum atomic E-state index is -0.693. The van der Waals surface area contributed by atoms with Crippen molar-refractivity contribution < 1.29 is 24.2 Å². The lowest BCUT2D eigenvalue weighted by Gasteiger charge is -2.31. The first-order chi connectivity index (χ1) is 13.5. The second-order valence-electron chi connectivity index (χ2n) is 6.70. The molecule has 1 atom stereocenters. The van der Waals surface area contributed by atoms with Gasteiger partial charge in [-0.15, -0.1) is 0 Å². The van der Waals surface area contributed by atoms with Gasteiger partial charge in [-0.3, -0.25) is 4.79 Å². The van der Waals surface area contributed by atoms with Crippen molar-refractivity contribution in [2.24, 2.45) is 0 Å². The van der Waals surface area contributed by atoms with Gasteiger partial charge in [-0.25, -0.2) is 4.79 Å². The predicted molar refractivity (Wildman–Crippen MR) is 108 cm³/mol. The van der Waals surface area contributed by atoms with E-state index in [-0.39, 0.29) is 13.2 Å². The number of hydrogen-bond acceptors (Lipinski definition) is 5. The van der Waals surface area contributed by atoms with Gasteiger partial charge in [0.25, 0.3) is 0 Å². The van der Waals surface area contributed by atoms with Crippen LogP contribution in [0.1, 0.15) is 45.1 Å². The maximum Gasteiger partial charge on any atom is 0.335 e. The van der Waals surface area contributed by atoms with Gasteiger partial charge in [0.2, 0.25) is 0 Å². The quantitative estimate of drug-likeness (QED) is 0.495. The molecule has 0 heterocycles. The Hall–Kier alpha value is -1.95. The number of Topliss-reactive ketones (excluding diaryl/α,β-unsaturated/α-hetero) is 1. The van der Waals surface area contributed by atoms with Gasteiger partial charge < -0.3 is 14.6 Å². The fraction of sp³-hybridized carbons (Fsp3) is 0.455. The minimum Gasteiger partial charge on any atom is -0.463 e. The first-order valence-corrected chi connectivity index (χ1v) is 9.88. The third kappa shape index (κ3) is 4.90. The van der Waals surface area contributed by atoms with Gasteiger partial charge >= 0.3 is 5.97 Å². The van der Waals surface area contributed by atoms with Crippen molar-refractivity contribution in [2.45, 2.75) is 39.5 Å². The molecule has 0 radical (unpaired) electrons. The Balaban J connectivity index is 2.67. The van der Waals surface area contributed by atoms with E-state index in [0.717, 1.165) is 17.6 Å². The molecule has 0 spiro atoms. The van der Waals surface area contributed by atoms with Crippen molar-refractivity contribution in [2.75, 3.05) is 26.4 Å². The molecule has 0 aliphatic heterocycles. The van der Waals surface area contributed by atoms with Crippen LogP contribution in [0.4, 0.5) is 0 Å². The molecule has 1 N–H and O–H groups in total. The molecule has 0 amide bonds. The summed E-state index contributed by atoms with van der Waals surface area (Å²) in [6.07, 6.45) is 1.28. The summed E-state index contributed by atoms with van der Waals surface area (Å²) in [5.74, 6) is -1.60. The van der Waals surface area contributed by atoms with Gasteiger partial charge in [-0.2, -0.15) is 0 Å². The van der Waals surface area contributed by atoms with E-state index in [9.17, 15) is 14.7 Å². The number of carbonyl (C=O) groups excluding carboxylic acids is 2. The standard InChI is InChI=1S/C22H27ClO5/c1-4-10-27-13-15-11-14(3)19(18(25)12-24)21(20(15)22(26)28-5-2)16-8-6-7-9-17(16)23/h6-9,21,24H,4-5,10-13H2,1-3H3. The van der Waals surface area contributed by atoms with Crippen LogP contribution in [-0.2, 0) is 19.1 Å². The highest BCUT2D eigenvalue weighted by Crippen LogP contribution is 2.44. The van der Waals surface area contributed by atoms with Crippen molar-refractivity contribution in [3.8, 4) is 0 Å². The Kier molecular flexibility index (Phi) is 8.42. The van der Waals surface area contributed by atoms with Crippen LogP contribution in [0.5, 0.6) is 0 Å². The summed E-state index contributed by atoms with van der Waals surface area (Å²) >= 11 is 6.44. The average molecular weight is 407 g/mol. The summed E-state index contributed by atoms with van der Waals surface area (Å²) in [5, 5.41) is 9.98.